The van der Waals surface area contributed by atoms with Crippen LogP contribution in [0.5, 0.6) is 0 Å². The van der Waals surface area contributed by atoms with Crippen molar-refractivity contribution in [1.82, 2.24) is 0 Å². The average Bonchev–Trinajstić information content (AvgIpc) is 2.35. The largest absolute Gasteiger partial charge is 0.400 e. The van der Waals surface area contributed by atoms with E-state index in [9.17, 15) is 0 Å². The summed E-state index contributed by atoms with van der Waals surface area (Å²) in [6.07, 6.45) is 0.834. The minimum Gasteiger partial charge on any atom is -0.400 e. The molecule has 0 spiro atoms. The first-order chi connectivity index (χ1) is 8.11. The molecule has 0 atom stereocenters. The van der Waals surface area contributed by atoms with E-state index in [1.165, 1.54) is 5.56 Å². The molecular weight excluding hydrogens is 297 g/mol. The molecule has 2 rings (SSSR count). The van der Waals surface area contributed by atoms with Gasteiger partial charge >= 0.3 is 0 Å². The summed E-state index contributed by atoms with van der Waals surface area (Å²) in [6, 6.07) is 15.2. The number of hydrogen-bond donors (Lipinski definition) is 2. The first-order valence-corrected chi connectivity index (χ1v) is 5.43. The molecule has 93 valence electrons. The number of hydrogen-bond acceptors (Lipinski definition) is 2. The number of nitrogen functional groups attached to an aromatic ring is 2. The van der Waals surface area contributed by atoms with Crippen LogP contribution < -0.4 is 11.5 Å². The van der Waals surface area contributed by atoms with Gasteiger partial charge in [0.25, 0.3) is 0 Å². The number of benzene rings is 2. The topological polar surface area (TPSA) is 52.0 Å². The van der Waals surface area contributed by atoms with Crippen molar-refractivity contribution in [1.29, 1.82) is 0 Å². The van der Waals surface area contributed by atoms with E-state index in [0.717, 1.165) is 23.4 Å². The molecule has 2 aromatic rings. The van der Waals surface area contributed by atoms with Gasteiger partial charge in [0.15, 0.2) is 0 Å². The molecule has 4 N–H and O–H groups in total. The Balaban J connectivity index is 0.000000306. The fourth-order valence-electron chi connectivity index (χ4n) is 1.20. The first-order valence-electron chi connectivity index (χ1n) is 5.43. The monoisotopic (exact) mass is 315 g/mol. The molecular formula is C15H18N2Y-2. The quantitative estimate of drug-likeness (QED) is 0.627. The zero-order valence-electron chi connectivity index (χ0n) is 10.5. The van der Waals surface area contributed by atoms with Gasteiger partial charge in [-0.3, -0.25) is 0 Å². The molecule has 0 saturated carbocycles. The van der Waals surface area contributed by atoms with E-state index in [1.54, 1.807) is 0 Å². The van der Waals surface area contributed by atoms with Gasteiger partial charge in [0, 0.05) is 44.1 Å². The van der Waals surface area contributed by atoms with Gasteiger partial charge in [-0.2, -0.15) is 31.0 Å². The smallest absolute Gasteiger partial charge is 0.0314 e. The summed E-state index contributed by atoms with van der Waals surface area (Å²) in [7, 11) is 0. The fourth-order valence-corrected chi connectivity index (χ4v) is 1.20. The zero-order valence-corrected chi connectivity index (χ0v) is 13.3. The summed E-state index contributed by atoms with van der Waals surface area (Å²) >= 11 is 0. The molecule has 0 amide bonds. The van der Waals surface area contributed by atoms with E-state index < -0.39 is 0 Å². The van der Waals surface area contributed by atoms with Gasteiger partial charge in [0.05, 0.1) is 0 Å². The van der Waals surface area contributed by atoms with Gasteiger partial charge in [0.2, 0.25) is 0 Å². The molecule has 0 unspecified atom stereocenters. The Morgan fingerprint density at radius 1 is 0.778 bits per heavy atom. The van der Waals surface area contributed by atoms with Gasteiger partial charge in [-0.05, 0) is 12.1 Å². The Labute approximate surface area is 135 Å². The third-order valence-electron chi connectivity index (χ3n) is 2.25. The molecule has 0 bridgehead atoms. The van der Waals surface area contributed by atoms with Crippen molar-refractivity contribution in [3.63, 3.8) is 0 Å². The summed E-state index contributed by atoms with van der Waals surface area (Å²) in [6.45, 7) is 7.45. The van der Waals surface area contributed by atoms with E-state index in [1.807, 2.05) is 48.5 Å². The fraction of sp³-hybridized carbons (Fsp3) is 0.0667. The maximum absolute atomic E-state index is 5.46. The van der Waals surface area contributed by atoms with Crippen LogP contribution in [0.2, 0.25) is 0 Å². The molecule has 0 aliphatic carbocycles. The van der Waals surface area contributed by atoms with Gasteiger partial charge in [-0.15, -0.1) is 0 Å². The summed E-state index contributed by atoms with van der Waals surface area (Å²) < 4.78 is 0. The standard InChI is InChI=1S/C8H10N.C7H8N.Y/c1-2-7-3-5-8(9)6-4-7;1-6-2-4-7(8)5-3-6;/h3-6H,1-2,9H2;2-5H,1,8H2;/q2*-1;. The Morgan fingerprint density at radius 2 is 1.17 bits per heavy atom. The summed E-state index contributed by atoms with van der Waals surface area (Å²) in [5.74, 6) is 0. The molecule has 0 aliphatic rings. The first kappa shape index (κ1) is 17.0. The third-order valence-corrected chi connectivity index (χ3v) is 2.25. The zero-order chi connectivity index (χ0) is 12.7. The molecule has 1 radical (unpaired) electrons. The second kappa shape index (κ2) is 9.01. The molecule has 2 nitrogen and oxygen atoms in total. The summed E-state index contributed by atoms with van der Waals surface area (Å²) in [5, 5.41) is 0. The van der Waals surface area contributed by atoms with E-state index in [-0.39, 0.29) is 32.7 Å². The normalized spacial score (nSPS) is 8.72. The van der Waals surface area contributed by atoms with Crippen LogP contribution in [0, 0.1) is 13.8 Å². The van der Waals surface area contributed by atoms with Crippen LogP contribution in [0.3, 0.4) is 0 Å². The van der Waals surface area contributed by atoms with Gasteiger partial charge in [0.1, 0.15) is 0 Å². The number of nitrogens with two attached hydrogens (primary N) is 2. The van der Waals surface area contributed by atoms with Crippen LogP contribution in [0.25, 0.3) is 0 Å². The Morgan fingerprint density at radius 3 is 1.50 bits per heavy atom. The van der Waals surface area contributed by atoms with Crippen LogP contribution in [-0.4, -0.2) is 0 Å². The molecule has 0 fully saturated rings. The Hall–Kier alpha value is -0.986. The SMILES string of the molecule is [CH2-]Cc1ccc(N)cc1.[CH2-]c1ccc(N)cc1.[Y]. The van der Waals surface area contributed by atoms with Crippen molar-refractivity contribution >= 4 is 11.4 Å². The van der Waals surface area contributed by atoms with Gasteiger partial charge < -0.3 is 18.4 Å². The van der Waals surface area contributed by atoms with E-state index in [2.05, 4.69) is 13.8 Å². The van der Waals surface area contributed by atoms with Crippen LogP contribution in [0.15, 0.2) is 48.5 Å². The molecule has 0 saturated heterocycles. The molecule has 0 heterocycles. The van der Waals surface area contributed by atoms with Crippen molar-refractivity contribution in [2.24, 2.45) is 0 Å². The van der Waals surface area contributed by atoms with Crippen LogP contribution in [-0.2, 0) is 39.1 Å². The number of rotatable bonds is 1. The van der Waals surface area contributed by atoms with Gasteiger partial charge in [-0.25, -0.2) is 0 Å². The molecule has 2 aromatic carbocycles. The minimum absolute atomic E-state index is 0. The van der Waals surface area contributed by atoms with Gasteiger partial charge in [-0.1, -0.05) is 29.8 Å². The van der Waals surface area contributed by atoms with Crippen molar-refractivity contribution in [3.05, 3.63) is 73.5 Å². The van der Waals surface area contributed by atoms with Crippen LogP contribution >= 0.6 is 0 Å². The minimum atomic E-state index is 0. The maximum atomic E-state index is 5.46. The Bertz CT molecular complexity index is 414. The van der Waals surface area contributed by atoms with E-state index >= 15 is 0 Å². The second-order valence-corrected chi connectivity index (χ2v) is 3.73. The second-order valence-electron chi connectivity index (χ2n) is 3.73. The molecule has 0 aromatic heterocycles. The van der Waals surface area contributed by atoms with Crippen molar-refractivity contribution in [2.45, 2.75) is 6.42 Å². The summed E-state index contributed by atoms with van der Waals surface area (Å²) in [4.78, 5) is 0. The number of anilines is 2. The average molecular weight is 315 g/mol. The van der Waals surface area contributed by atoms with Crippen molar-refractivity contribution < 1.29 is 32.7 Å². The maximum Gasteiger partial charge on any atom is 0.0314 e. The Kier molecular flexibility index (Phi) is 8.52. The van der Waals surface area contributed by atoms with Crippen LogP contribution in [0.4, 0.5) is 11.4 Å². The van der Waals surface area contributed by atoms with E-state index in [0.29, 0.717) is 0 Å². The van der Waals surface area contributed by atoms with Crippen LogP contribution in [0.1, 0.15) is 11.1 Å². The predicted molar refractivity (Wildman–Crippen MR) is 75.2 cm³/mol. The molecule has 0 aliphatic heterocycles. The van der Waals surface area contributed by atoms with E-state index in [4.69, 9.17) is 11.5 Å². The predicted octanol–water partition coefficient (Wildman–Crippen LogP) is 3.09. The summed E-state index contributed by atoms with van der Waals surface area (Å²) in [5.41, 5.74) is 14.7. The molecule has 18 heavy (non-hydrogen) atoms. The van der Waals surface area contributed by atoms with Crippen molar-refractivity contribution in [3.8, 4) is 0 Å². The molecule has 3 heteroatoms. The van der Waals surface area contributed by atoms with Crippen molar-refractivity contribution in [2.75, 3.05) is 11.5 Å². The third kappa shape index (κ3) is 6.68.